The third kappa shape index (κ3) is 4.74. The maximum atomic E-state index is 13.4. The molecule has 0 aliphatic heterocycles. The van der Waals surface area contributed by atoms with Gasteiger partial charge in [0, 0.05) is 19.5 Å². The van der Waals surface area contributed by atoms with Crippen LogP contribution in [-0.4, -0.2) is 67.7 Å². The Morgan fingerprint density at radius 3 is 2.53 bits per heavy atom. The molecular weight excluding hydrogens is 488 g/mol. The molecule has 2 atom stereocenters. The van der Waals surface area contributed by atoms with E-state index in [1.165, 1.54) is 25.7 Å². The molecule has 0 bridgehead atoms. The fourth-order valence-electron chi connectivity index (χ4n) is 3.36. The number of methoxy groups -OCH3 is 2. The molecule has 4 aromatic rings. The number of aromatic nitrogens is 7. The van der Waals surface area contributed by atoms with Crippen molar-refractivity contribution in [2.75, 3.05) is 18.9 Å². The lowest BCUT2D eigenvalue weighted by Crippen LogP contribution is -2.33. The molecule has 0 aliphatic carbocycles. The highest BCUT2D eigenvalue weighted by molar-refractivity contribution is 7.93. The van der Waals surface area contributed by atoms with Crippen LogP contribution in [0.15, 0.2) is 36.9 Å². The fourth-order valence-corrected chi connectivity index (χ4v) is 4.49. The molecule has 0 radical (unpaired) electrons. The lowest BCUT2D eigenvalue weighted by Gasteiger charge is -2.22. The van der Waals surface area contributed by atoms with Gasteiger partial charge in [-0.05, 0) is 31.5 Å². The molecule has 3 heterocycles. The van der Waals surface area contributed by atoms with Crippen molar-refractivity contribution >= 4 is 16.0 Å². The van der Waals surface area contributed by atoms with E-state index < -0.39 is 27.3 Å². The van der Waals surface area contributed by atoms with E-state index in [2.05, 4.69) is 47.0 Å². The van der Waals surface area contributed by atoms with Gasteiger partial charge in [-0.3, -0.25) is 4.72 Å². The van der Waals surface area contributed by atoms with Crippen LogP contribution >= 0.6 is 0 Å². The van der Waals surface area contributed by atoms with Crippen molar-refractivity contribution in [3.05, 3.63) is 60.4 Å². The third-order valence-electron chi connectivity index (χ3n) is 5.20. The molecule has 0 saturated heterocycles. The van der Waals surface area contributed by atoms with Gasteiger partial charge in [0.25, 0.3) is 0 Å². The van der Waals surface area contributed by atoms with E-state index in [4.69, 9.17) is 9.47 Å². The van der Waals surface area contributed by atoms with Gasteiger partial charge in [-0.15, -0.1) is 10.2 Å². The van der Waals surface area contributed by atoms with Crippen molar-refractivity contribution < 1.29 is 23.0 Å². The molecule has 0 fully saturated rings. The van der Waals surface area contributed by atoms with E-state index in [-0.39, 0.29) is 29.2 Å². The minimum atomic E-state index is -4.17. The van der Waals surface area contributed by atoms with Crippen LogP contribution in [0.1, 0.15) is 24.4 Å². The van der Waals surface area contributed by atoms with E-state index in [9.17, 15) is 13.5 Å². The maximum absolute atomic E-state index is 13.4. The zero-order chi connectivity index (χ0) is 25.9. The number of rotatable bonds is 9. The average Bonchev–Trinajstić information content (AvgIpc) is 3.28. The van der Waals surface area contributed by atoms with Crippen LogP contribution in [0.2, 0.25) is 0 Å². The highest BCUT2D eigenvalue weighted by Crippen LogP contribution is 2.34. The van der Waals surface area contributed by atoms with Crippen molar-refractivity contribution in [2.24, 2.45) is 0 Å². The van der Waals surface area contributed by atoms with Crippen LogP contribution in [0, 0.1) is 19.1 Å². The predicted octanol–water partition coefficient (Wildman–Crippen LogP) is 1.66. The molecule has 0 aliphatic rings. The Kier molecular flexibility index (Phi) is 6.95. The number of nitrogens with zero attached hydrogens (tertiary/aromatic N) is 7. The van der Waals surface area contributed by atoms with E-state index in [1.54, 1.807) is 30.6 Å². The first-order valence-electron chi connectivity index (χ1n) is 10.5. The van der Waals surface area contributed by atoms with Crippen LogP contribution in [0.4, 0.5) is 5.95 Å². The van der Waals surface area contributed by atoms with Crippen molar-refractivity contribution in [3.63, 3.8) is 0 Å². The average molecular weight is 511 g/mol. The van der Waals surface area contributed by atoms with Crippen LogP contribution in [0.3, 0.4) is 0 Å². The summed E-state index contributed by atoms with van der Waals surface area (Å²) in [5.74, 6) is -0.449. The Morgan fingerprint density at radius 2 is 1.89 bits per heavy atom. The topological polar surface area (TPSA) is 167 Å². The minimum absolute atomic E-state index is 0.0419. The highest BCUT2D eigenvalue weighted by atomic mass is 32.2. The van der Waals surface area contributed by atoms with Crippen LogP contribution in [-0.2, 0) is 14.8 Å². The largest absolute Gasteiger partial charge is 0.492 e. The smallest absolute Gasteiger partial charge is 0.245 e. The Balaban J connectivity index is 1.80. The second-order valence-electron chi connectivity index (χ2n) is 7.57. The summed E-state index contributed by atoms with van der Waals surface area (Å²) in [7, 11) is -1.47. The first-order valence-corrected chi connectivity index (χ1v) is 12.1. The van der Waals surface area contributed by atoms with E-state index in [0.717, 1.165) is 11.9 Å². The van der Waals surface area contributed by atoms with Crippen molar-refractivity contribution in [1.82, 2.24) is 34.7 Å². The molecule has 2 N–H and O–H groups in total. The second kappa shape index (κ2) is 10.1. The SMILES string of the molecule is COc1ncnc(O)c1-n1c(NS(=O)(=O)[C@@H](C)C(OC)c2ncc(C)cn2)nnc1-c1c#cccc1. The third-order valence-corrected chi connectivity index (χ3v) is 6.89. The number of nitrogens with one attached hydrogen (secondary N) is 1. The first kappa shape index (κ1) is 24.8. The number of hydrogen-bond donors (Lipinski definition) is 2. The standard InChI is InChI=1S/C22H22N8O5S/c1-13-10-23-18(24-11-13)17(34-3)14(2)36(32,33)29-22-28-27-19(15-8-6-5-7-9-15)30(22)16-20(31)25-12-26-21(16)35-4/h5-6,8,10-12,14,17H,1-4H3,(H,28,29)(H,25,26,31)/t14-,17?/m0/s1. The number of anilines is 1. The molecule has 13 nitrogen and oxygen atoms in total. The van der Waals surface area contributed by atoms with Gasteiger partial charge >= 0.3 is 0 Å². The molecule has 186 valence electrons. The summed E-state index contributed by atoms with van der Waals surface area (Å²) in [6.07, 6.45) is 3.25. The maximum Gasteiger partial charge on any atom is 0.245 e. The van der Waals surface area contributed by atoms with E-state index in [0.29, 0.717) is 5.56 Å². The Bertz CT molecular complexity index is 1450. The number of hydrogen-bond acceptors (Lipinski definition) is 11. The van der Waals surface area contributed by atoms with Gasteiger partial charge < -0.3 is 14.6 Å². The normalized spacial score (nSPS) is 13.0. The van der Waals surface area contributed by atoms with Gasteiger partial charge in [-0.1, -0.05) is 18.2 Å². The molecule has 4 rings (SSSR count). The molecule has 1 unspecified atom stereocenters. The summed E-state index contributed by atoms with van der Waals surface area (Å²) >= 11 is 0. The summed E-state index contributed by atoms with van der Waals surface area (Å²) < 4.78 is 41.2. The number of ether oxygens (including phenoxy) is 2. The summed E-state index contributed by atoms with van der Waals surface area (Å²) in [4.78, 5) is 16.2. The van der Waals surface area contributed by atoms with Crippen LogP contribution in [0.25, 0.3) is 17.1 Å². The molecule has 0 amide bonds. The Labute approximate surface area is 207 Å². The van der Waals surface area contributed by atoms with Gasteiger partial charge in [0.2, 0.25) is 27.7 Å². The van der Waals surface area contributed by atoms with Gasteiger partial charge in [0.15, 0.2) is 17.3 Å². The van der Waals surface area contributed by atoms with Crippen LogP contribution < -0.4 is 9.46 Å². The lowest BCUT2D eigenvalue weighted by atomic mass is 10.2. The summed E-state index contributed by atoms with van der Waals surface area (Å²) in [6.45, 7) is 3.27. The number of aromatic hydroxyl groups is 1. The monoisotopic (exact) mass is 510 g/mol. The van der Waals surface area contributed by atoms with Gasteiger partial charge in [0.05, 0.1) is 12.7 Å². The number of sulfonamides is 1. The quantitative estimate of drug-likeness (QED) is 0.336. The second-order valence-corrected chi connectivity index (χ2v) is 9.61. The van der Waals surface area contributed by atoms with Crippen LogP contribution in [0.5, 0.6) is 11.8 Å². The summed E-state index contributed by atoms with van der Waals surface area (Å²) in [5.41, 5.74) is 1.15. The summed E-state index contributed by atoms with van der Waals surface area (Å²) in [6, 6.07) is 10.7. The molecule has 3 aromatic heterocycles. The van der Waals surface area contributed by atoms with E-state index >= 15 is 0 Å². The van der Waals surface area contributed by atoms with Crippen molar-refractivity contribution in [1.29, 1.82) is 0 Å². The van der Waals surface area contributed by atoms with Gasteiger partial charge in [-0.2, -0.15) is 9.97 Å². The first-order chi connectivity index (χ1) is 17.3. The number of aryl methyl sites for hydroxylation is 1. The van der Waals surface area contributed by atoms with Crippen molar-refractivity contribution in [3.8, 4) is 28.8 Å². The van der Waals surface area contributed by atoms with E-state index in [1.807, 2.05) is 6.92 Å². The summed E-state index contributed by atoms with van der Waals surface area (Å²) in [5, 5.41) is 17.5. The Hall–Kier alpha value is -4.35. The van der Waals surface area contributed by atoms with Crippen molar-refractivity contribution in [2.45, 2.75) is 25.2 Å². The molecular formula is C22H22N8O5S. The fraction of sp³-hybridized carbons (Fsp3) is 0.273. The zero-order valence-electron chi connectivity index (χ0n) is 19.7. The van der Waals surface area contributed by atoms with Gasteiger partial charge in [0.1, 0.15) is 17.7 Å². The highest BCUT2D eigenvalue weighted by Gasteiger charge is 2.35. The van der Waals surface area contributed by atoms with Gasteiger partial charge in [-0.25, -0.2) is 23.0 Å². The molecule has 1 aromatic carbocycles. The minimum Gasteiger partial charge on any atom is -0.492 e. The molecule has 36 heavy (non-hydrogen) atoms. The molecule has 0 spiro atoms. The Morgan fingerprint density at radius 1 is 1.14 bits per heavy atom. The molecule has 14 heteroatoms. The lowest BCUT2D eigenvalue weighted by molar-refractivity contribution is 0.0949. The zero-order valence-corrected chi connectivity index (χ0v) is 20.6. The predicted molar refractivity (Wildman–Crippen MR) is 127 cm³/mol. The molecule has 0 saturated carbocycles.